The van der Waals surface area contributed by atoms with Crippen molar-refractivity contribution in [1.82, 2.24) is 14.6 Å². The summed E-state index contributed by atoms with van der Waals surface area (Å²) < 4.78 is 7.64. The highest BCUT2D eigenvalue weighted by molar-refractivity contribution is 5.89. The number of nitrogen functional groups attached to an aromatic ring is 1. The number of anilines is 1. The van der Waals surface area contributed by atoms with Crippen LogP contribution in [0, 0.1) is 0 Å². The van der Waals surface area contributed by atoms with Gasteiger partial charge in [0.15, 0.2) is 11.6 Å². The quantitative estimate of drug-likeness (QED) is 0.886. The van der Waals surface area contributed by atoms with Gasteiger partial charge in [-0.2, -0.15) is 0 Å². The minimum absolute atomic E-state index is 0.298. The highest BCUT2D eigenvalue weighted by Crippen LogP contribution is 2.31. The van der Waals surface area contributed by atoms with Crippen molar-refractivity contribution >= 4 is 16.9 Å². The van der Waals surface area contributed by atoms with Gasteiger partial charge in [-0.3, -0.25) is 0 Å². The fourth-order valence-electron chi connectivity index (χ4n) is 3.08. The summed E-state index contributed by atoms with van der Waals surface area (Å²) in [5.41, 5.74) is 13.9. The van der Waals surface area contributed by atoms with Crippen LogP contribution in [0.1, 0.15) is 50.7 Å². The van der Waals surface area contributed by atoms with E-state index in [1.54, 1.807) is 0 Å². The fourth-order valence-corrected chi connectivity index (χ4v) is 3.08. The summed E-state index contributed by atoms with van der Waals surface area (Å²) >= 11 is 0. The lowest BCUT2D eigenvalue weighted by atomic mass is 9.95. The molecule has 0 amide bonds. The summed E-state index contributed by atoms with van der Waals surface area (Å²) in [5.74, 6) is 1.38. The predicted molar refractivity (Wildman–Crippen MR) is 88.4 cm³/mol. The van der Waals surface area contributed by atoms with Gasteiger partial charge in [-0.05, 0) is 46.5 Å². The van der Waals surface area contributed by atoms with Crippen molar-refractivity contribution in [1.29, 1.82) is 0 Å². The molecule has 1 aliphatic rings. The molecule has 3 N–H and O–H groups in total. The second kappa shape index (κ2) is 6.12. The Morgan fingerprint density at radius 2 is 2.05 bits per heavy atom. The highest BCUT2D eigenvalue weighted by Gasteiger charge is 2.23. The van der Waals surface area contributed by atoms with E-state index < -0.39 is 0 Å². The fraction of sp³-hybridized carbons (Fsp3) is 0.625. The van der Waals surface area contributed by atoms with Gasteiger partial charge >= 0.3 is 0 Å². The molecule has 6 heteroatoms. The third-order valence-electron chi connectivity index (χ3n) is 3.99. The van der Waals surface area contributed by atoms with Gasteiger partial charge in [0.05, 0.1) is 5.52 Å². The van der Waals surface area contributed by atoms with Crippen LogP contribution in [0.3, 0.4) is 0 Å². The first kappa shape index (κ1) is 15.1. The topological polar surface area (TPSA) is 78.0 Å². The van der Waals surface area contributed by atoms with E-state index >= 15 is 0 Å². The molecule has 22 heavy (non-hydrogen) atoms. The molecule has 0 bridgehead atoms. The Morgan fingerprint density at radius 3 is 2.77 bits per heavy atom. The second-order valence-electron chi connectivity index (χ2n) is 6.11. The van der Waals surface area contributed by atoms with Crippen LogP contribution in [-0.2, 0) is 24.2 Å². The van der Waals surface area contributed by atoms with Gasteiger partial charge in [-0.1, -0.05) is 0 Å². The summed E-state index contributed by atoms with van der Waals surface area (Å²) in [6, 6.07) is 0.298. The maximum atomic E-state index is 6.17. The molecule has 0 saturated heterocycles. The Morgan fingerprint density at radius 1 is 1.27 bits per heavy atom. The Labute approximate surface area is 131 Å². The molecule has 2 aromatic rings. The van der Waals surface area contributed by atoms with E-state index in [0.717, 1.165) is 35.4 Å². The molecule has 0 radical (unpaired) electrons. The number of aromatic nitrogens is 3. The molecule has 120 valence electrons. The zero-order valence-electron chi connectivity index (χ0n) is 13.6. The molecule has 6 nitrogen and oxygen atoms in total. The molecule has 0 spiro atoms. The number of hydrogen-bond acceptors (Lipinski definition) is 5. The largest absolute Gasteiger partial charge is 0.382 e. The maximum Gasteiger partial charge on any atom is 0.154 e. The SMILES string of the molecule is CCOCc1nc2c(N)nc3c(c2n1NC(C)C)CCCC3. The first-order valence-electron chi connectivity index (χ1n) is 8.14. The molecule has 3 rings (SSSR count). The summed E-state index contributed by atoms with van der Waals surface area (Å²) in [4.78, 5) is 9.29. The Bertz CT molecular complexity index is 677. The molecule has 0 aromatic carbocycles. The zero-order valence-corrected chi connectivity index (χ0v) is 13.6. The minimum atomic E-state index is 0.298. The van der Waals surface area contributed by atoms with Crippen LogP contribution in [0.5, 0.6) is 0 Å². The molecule has 2 aromatic heterocycles. The van der Waals surface area contributed by atoms with Crippen LogP contribution >= 0.6 is 0 Å². The van der Waals surface area contributed by atoms with Crippen LogP contribution in [0.2, 0.25) is 0 Å². The Balaban J connectivity index is 2.21. The van der Waals surface area contributed by atoms with Crippen LogP contribution in [0.15, 0.2) is 0 Å². The van der Waals surface area contributed by atoms with Crippen molar-refractivity contribution < 1.29 is 4.74 Å². The number of ether oxygens (including phenoxy) is 1. The van der Waals surface area contributed by atoms with Gasteiger partial charge < -0.3 is 15.9 Å². The molecule has 2 heterocycles. The van der Waals surface area contributed by atoms with Crippen molar-refractivity contribution in [2.24, 2.45) is 0 Å². The summed E-state index contributed by atoms with van der Waals surface area (Å²) in [7, 11) is 0. The standard InChI is InChI=1S/C16H25N5O/c1-4-22-9-13-19-14-15(21(13)20-10(2)3)11-7-5-6-8-12(11)18-16(14)17/h10,20H,4-9H2,1-3H3,(H2,17,18). The number of rotatable bonds is 5. The van der Waals surface area contributed by atoms with Gasteiger partial charge in [0.1, 0.15) is 12.1 Å². The number of fused-ring (bicyclic) bond motifs is 3. The van der Waals surface area contributed by atoms with Gasteiger partial charge in [0.25, 0.3) is 0 Å². The van der Waals surface area contributed by atoms with Gasteiger partial charge in [0.2, 0.25) is 0 Å². The Kier molecular flexibility index (Phi) is 4.20. The average molecular weight is 303 g/mol. The number of hydrogen-bond donors (Lipinski definition) is 2. The van der Waals surface area contributed by atoms with E-state index in [2.05, 4.69) is 28.9 Å². The summed E-state index contributed by atoms with van der Waals surface area (Å²) in [6.45, 7) is 7.36. The average Bonchev–Trinajstić information content (AvgIpc) is 2.84. The zero-order chi connectivity index (χ0) is 15.7. The number of nitrogens with one attached hydrogen (secondary N) is 1. The maximum absolute atomic E-state index is 6.17. The van der Waals surface area contributed by atoms with Crippen molar-refractivity contribution in [2.45, 2.75) is 59.1 Å². The first-order chi connectivity index (χ1) is 10.6. The molecular weight excluding hydrogens is 278 g/mol. The summed E-state index contributed by atoms with van der Waals surface area (Å²) in [6.07, 6.45) is 4.42. The smallest absolute Gasteiger partial charge is 0.154 e. The van der Waals surface area contributed by atoms with Crippen LogP contribution in [0.4, 0.5) is 5.82 Å². The van der Waals surface area contributed by atoms with E-state index in [0.29, 0.717) is 25.1 Å². The Hall–Kier alpha value is -1.82. The van der Waals surface area contributed by atoms with Gasteiger partial charge in [0, 0.05) is 23.9 Å². The molecular formula is C16H25N5O. The van der Waals surface area contributed by atoms with E-state index in [-0.39, 0.29) is 0 Å². The van der Waals surface area contributed by atoms with Crippen molar-refractivity contribution in [3.8, 4) is 0 Å². The second-order valence-corrected chi connectivity index (χ2v) is 6.11. The van der Waals surface area contributed by atoms with Crippen molar-refractivity contribution in [3.63, 3.8) is 0 Å². The van der Waals surface area contributed by atoms with E-state index in [4.69, 9.17) is 15.5 Å². The van der Waals surface area contributed by atoms with E-state index in [1.807, 2.05) is 6.92 Å². The van der Waals surface area contributed by atoms with Gasteiger partial charge in [-0.15, -0.1) is 0 Å². The molecule has 0 atom stereocenters. The number of nitrogens with two attached hydrogens (primary N) is 1. The molecule has 0 fully saturated rings. The lowest BCUT2D eigenvalue weighted by molar-refractivity contribution is 0.126. The van der Waals surface area contributed by atoms with Crippen LogP contribution in [0.25, 0.3) is 11.0 Å². The lowest BCUT2D eigenvalue weighted by Crippen LogP contribution is -2.25. The number of pyridine rings is 1. The van der Waals surface area contributed by atoms with Crippen LogP contribution in [-0.4, -0.2) is 27.3 Å². The van der Waals surface area contributed by atoms with Crippen molar-refractivity contribution in [3.05, 3.63) is 17.1 Å². The number of imidazole rings is 1. The first-order valence-corrected chi connectivity index (χ1v) is 8.14. The monoisotopic (exact) mass is 303 g/mol. The number of aryl methyl sites for hydroxylation is 2. The van der Waals surface area contributed by atoms with E-state index in [9.17, 15) is 0 Å². The molecule has 0 saturated carbocycles. The van der Waals surface area contributed by atoms with Gasteiger partial charge in [-0.25, -0.2) is 14.6 Å². The minimum Gasteiger partial charge on any atom is -0.382 e. The molecule has 0 aliphatic heterocycles. The predicted octanol–water partition coefficient (Wildman–Crippen LogP) is 2.38. The lowest BCUT2D eigenvalue weighted by Gasteiger charge is -2.20. The third-order valence-corrected chi connectivity index (χ3v) is 3.99. The third kappa shape index (κ3) is 2.63. The highest BCUT2D eigenvalue weighted by atomic mass is 16.5. The molecule has 0 unspecified atom stereocenters. The van der Waals surface area contributed by atoms with E-state index in [1.165, 1.54) is 18.4 Å². The molecule has 1 aliphatic carbocycles. The number of nitrogens with zero attached hydrogens (tertiary/aromatic N) is 3. The summed E-state index contributed by atoms with van der Waals surface area (Å²) in [5, 5.41) is 0. The van der Waals surface area contributed by atoms with Crippen molar-refractivity contribution in [2.75, 3.05) is 17.8 Å². The normalized spacial score (nSPS) is 14.5. The van der Waals surface area contributed by atoms with Crippen LogP contribution < -0.4 is 11.2 Å².